The van der Waals surface area contributed by atoms with Crippen LogP contribution in [0.2, 0.25) is 0 Å². The van der Waals surface area contributed by atoms with Gasteiger partial charge in [0.2, 0.25) is 0 Å². The molecule has 1 aromatic heterocycles. The molecule has 0 aliphatic carbocycles. The summed E-state index contributed by atoms with van der Waals surface area (Å²) in [7, 11) is 0. The molecule has 0 unspecified atom stereocenters. The largest absolute Gasteiger partial charge is 0.312 e. The van der Waals surface area contributed by atoms with Crippen molar-refractivity contribution in [3.05, 3.63) is 55.7 Å². The number of hydrogen-bond acceptors (Lipinski definition) is 3. The first-order chi connectivity index (χ1) is 9.24. The van der Waals surface area contributed by atoms with Crippen LogP contribution in [0.5, 0.6) is 0 Å². The third kappa shape index (κ3) is 2.81. The lowest BCUT2D eigenvalue weighted by Crippen LogP contribution is -2.23. The van der Waals surface area contributed by atoms with Gasteiger partial charge in [-0.2, -0.15) is 0 Å². The average Bonchev–Trinajstić information content (AvgIpc) is 2.84. The molecule has 0 atom stereocenters. The van der Waals surface area contributed by atoms with Crippen molar-refractivity contribution in [1.29, 1.82) is 0 Å². The molecule has 0 bridgehead atoms. The lowest BCUT2D eigenvalue weighted by atomic mass is 9.96. The van der Waals surface area contributed by atoms with Gasteiger partial charge < -0.3 is 5.32 Å². The summed E-state index contributed by atoms with van der Waals surface area (Å²) in [6.07, 6.45) is 1.53. The van der Waals surface area contributed by atoms with E-state index >= 15 is 0 Å². The highest BCUT2D eigenvalue weighted by Gasteiger charge is 2.14. The van der Waals surface area contributed by atoms with E-state index in [1.807, 2.05) is 23.6 Å². The number of fused-ring (bicyclic) bond motifs is 1. The van der Waals surface area contributed by atoms with Crippen LogP contribution >= 0.6 is 27.3 Å². The van der Waals surface area contributed by atoms with Gasteiger partial charge in [-0.3, -0.25) is 4.79 Å². The van der Waals surface area contributed by atoms with E-state index in [0.29, 0.717) is 6.42 Å². The average molecular weight is 336 g/mol. The highest BCUT2D eigenvalue weighted by molar-refractivity contribution is 9.10. The van der Waals surface area contributed by atoms with Gasteiger partial charge in [0.1, 0.15) is 0 Å². The number of nitrogens with one attached hydrogen (secondary N) is 1. The molecular weight excluding hydrogens is 322 g/mol. The Balaban J connectivity index is 1.82. The number of carbonyl (C=O) groups is 1. The molecular formula is C15H14BrNOS. The fourth-order valence-corrected chi connectivity index (χ4v) is 3.84. The molecule has 2 aromatic rings. The van der Waals surface area contributed by atoms with Gasteiger partial charge in [0.25, 0.3) is 0 Å². The van der Waals surface area contributed by atoms with E-state index in [1.165, 1.54) is 11.1 Å². The molecule has 0 radical (unpaired) electrons. The molecule has 2 heterocycles. The quantitative estimate of drug-likeness (QED) is 0.868. The Morgan fingerprint density at radius 1 is 1.32 bits per heavy atom. The summed E-state index contributed by atoms with van der Waals surface area (Å²) in [5.41, 5.74) is 3.46. The minimum atomic E-state index is 0.191. The number of halogens is 1. The summed E-state index contributed by atoms with van der Waals surface area (Å²) < 4.78 is 1.03. The van der Waals surface area contributed by atoms with E-state index in [-0.39, 0.29) is 5.78 Å². The summed E-state index contributed by atoms with van der Waals surface area (Å²) >= 11 is 5.10. The van der Waals surface area contributed by atoms with Crippen LogP contribution in [0.15, 0.2) is 34.1 Å². The van der Waals surface area contributed by atoms with Crippen molar-refractivity contribution in [2.75, 3.05) is 6.54 Å². The van der Waals surface area contributed by atoms with Crippen LogP contribution in [0.1, 0.15) is 26.4 Å². The third-order valence-corrected chi connectivity index (χ3v) is 5.35. The van der Waals surface area contributed by atoms with Crippen molar-refractivity contribution < 1.29 is 4.79 Å². The predicted octanol–water partition coefficient (Wildman–Crippen LogP) is 3.58. The smallest absolute Gasteiger partial charge is 0.168 e. The second-order valence-corrected chi connectivity index (χ2v) is 6.56. The van der Waals surface area contributed by atoms with Gasteiger partial charge in [-0.1, -0.05) is 12.1 Å². The summed E-state index contributed by atoms with van der Waals surface area (Å²) in [4.78, 5) is 13.4. The van der Waals surface area contributed by atoms with Crippen molar-refractivity contribution in [3.63, 3.8) is 0 Å². The Morgan fingerprint density at radius 2 is 2.21 bits per heavy atom. The lowest BCUT2D eigenvalue weighted by molar-refractivity contribution is 0.0993. The van der Waals surface area contributed by atoms with Gasteiger partial charge >= 0.3 is 0 Å². The zero-order chi connectivity index (χ0) is 13.2. The van der Waals surface area contributed by atoms with Crippen molar-refractivity contribution in [1.82, 2.24) is 5.32 Å². The van der Waals surface area contributed by atoms with Gasteiger partial charge in [0.05, 0.1) is 0 Å². The van der Waals surface area contributed by atoms with E-state index < -0.39 is 0 Å². The van der Waals surface area contributed by atoms with Crippen LogP contribution < -0.4 is 5.32 Å². The van der Waals surface area contributed by atoms with Gasteiger partial charge in [-0.25, -0.2) is 0 Å². The highest BCUT2D eigenvalue weighted by Crippen LogP contribution is 2.25. The van der Waals surface area contributed by atoms with Crippen molar-refractivity contribution in [3.8, 4) is 0 Å². The summed E-state index contributed by atoms with van der Waals surface area (Å²) in [5.74, 6) is 0.191. The summed E-state index contributed by atoms with van der Waals surface area (Å²) in [5, 5.41) is 5.35. The highest BCUT2D eigenvalue weighted by atomic mass is 79.9. The Morgan fingerprint density at radius 3 is 3.00 bits per heavy atom. The normalized spacial score (nSPS) is 14.2. The first-order valence-corrected chi connectivity index (χ1v) is 7.99. The fourth-order valence-electron chi connectivity index (χ4n) is 2.35. The number of hydrogen-bond donors (Lipinski definition) is 1. The maximum Gasteiger partial charge on any atom is 0.168 e. The van der Waals surface area contributed by atoms with Gasteiger partial charge in [-0.05, 0) is 57.5 Å². The molecule has 1 aliphatic rings. The third-order valence-electron chi connectivity index (χ3n) is 3.43. The maximum atomic E-state index is 12.3. The SMILES string of the molecule is O=C(Cc1sccc1Br)c1ccc2c(c1)CNCC2. The molecule has 3 rings (SSSR count). The summed E-state index contributed by atoms with van der Waals surface area (Å²) in [6, 6.07) is 8.11. The van der Waals surface area contributed by atoms with Crippen molar-refractivity contribution >= 4 is 33.0 Å². The number of benzene rings is 1. The molecule has 19 heavy (non-hydrogen) atoms. The number of rotatable bonds is 3. The topological polar surface area (TPSA) is 29.1 Å². The van der Waals surface area contributed by atoms with Crippen LogP contribution in [0.3, 0.4) is 0 Å². The minimum Gasteiger partial charge on any atom is -0.312 e. The van der Waals surface area contributed by atoms with Gasteiger partial charge in [0, 0.05) is 27.9 Å². The number of carbonyl (C=O) groups excluding carboxylic acids is 1. The molecule has 0 saturated heterocycles. The molecule has 0 fully saturated rings. The van der Waals surface area contributed by atoms with Crippen LogP contribution in [0.25, 0.3) is 0 Å². The van der Waals surface area contributed by atoms with Crippen LogP contribution in [0, 0.1) is 0 Å². The molecule has 0 saturated carbocycles. The first-order valence-electron chi connectivity index (χ1n) is 6.31. The van der Waals surface area contributed by atoms with Crippen LogP contribution in [-0.4, -0.2) is 12.3 Å². The molecule has 1 aromatic carbocycles. The zero-order valence-electron chi connectivity index (χ0n) is 10.4. The van der Waals surface area contributed by atoms with E-state index in [9.17, 15) is 4.79 Å². The molecule has 4 heteroatoms. The van der Waals surface area contributed by atoms with Crippen molar-refractivity contribution in [2.24, 2.45) is 0 Å². The number of ketones is 1. The van der Waals surface area contributed by atoms with Gasteiger partial charge in [-0.15, -0.1) is 11.3 Å². The van der Waals surface area contributed by atoms with E-state index in [1.54, 1.807) is 11.3 Å². The monoisotopic (exact) mass is 335 g/mol. The fraction of sp³-hybridized carbons (Fsp3) is 0.267. The Kier molecular flexibility index (Phi) is 3.82. The predicted molar refractivity (Wildman–Crippen MR) is 81.9 cm³/mol. The molecule has 1 aliphatic heterocycles. The van der Waals surface area contributed by atoms with Crippen LogP contribution in [0.4, 0.5) is 0 Å². The van der Waals surface area contributed by atoms with E-state index in [0.717, 1.165) is 34.4 Å². The second-order valence-electron chi connectivity index (χ2n) is 4.70. The minimum absolute atomic E-state index is 0.191. The van der Waals surface area contributed by atoms with E-state index in [4.69, 9.17) is 0 Å². The number of thiophene rings is 1. The van der Waals surface area contributed by atoms with Gasteiger partial charge in [0.15, 0.2) is 5.78 Å². The second kappa shape index (κ2) is 5.57. The van der Waals surface area contributed by atoms with Crippen molar-refractivity contribution in [2.45, 2.75) is 19.4 Å². The Hall–Kier alpha value is -0.970. The zero-order valence-corrected chi connectivity index (χ0v) is 12.8. The standard InChI is InChI=1S/C15H14BrNOS/c16-13-4-6-19-15(13)8-14(18)11-2-1-10-3-5-17-9-12(10)7-11/h1-2,4,6-7,17H,3,5,8-9H2. The molecule has 0 spiro atoms. The Bertz CT molecular complexity index is 620. The molecule has 0 amide bonds. The van der Waals surface area contributed by atoms with Crippen LogP contribution in [-0.2, 0) is 19.4 Å². The lowest BCUT2D eigenvalue weighted by Gasteiger charge is -2.17. The number of Topliss-reactive ketones (excluding diaryl/α,β-unsaturated/α-hetero) is 1. The maximum absolute atomic E-state index is 12.3. The summed E-state index contributed by atoms with van der Waals surface area (Å²) in [6.45, 7) is 1.90. The molecule has 98 valence electrons. The molecule has 1 N–H and O–H groups in total. The Labute approximate surface area is 125 Å². The van der Waals surface area contributed by atoms with E-state index in [2.05, 4.69) is 27.3 Å². The first kappa shape index (κ1) is 13.0. The molecule has 2 nitrogen and oxygen atoms in total.